The van der Waals surface area contributed by atoms with E-state index < -0.39 is 53.6 Å². The predicted molar refractivity (Wildman–Crippen MR) is 109 cm³/mol. The molecule has 0 N–H and O–H groups in total. The van der Waals surface area contributed by atoms with Gasteiger partial charge >= 0.3 is 24.4 Å². The van der Waals surface area contributed by atoms with Crippen LogP contribution in [0.2, 0.25) is 0 Å². The summed E-state index contributed by atoms with van der Waals surface area (Å²) in [6.07, 6.45) is -10.4. The van der Waals surface area contributed by atoms with Crippen LogP contribution in [0.15, 0.2) is 24.3 Å². The molecule has 1 aromatic carbocycles. The third-order valence-electron chi connectivity index (χ3n) is 5.38. The second-order valence-corrected chi connectivity index (χ2v) is 8.00. The summed E-state index contributed by atoms with van der Waals surface area (Å²) in [5, 5.41) is 4.39. The molecular weight excluding hydrogens is 484 g/mol. The molecule has 7 nitrogen and oxygen atoms in total. The lowest BCUT2D eigenvalue weighted by atomic mass is 10.1. The first kappa shape index (κ1) is 26.4. The summed E-state index contributed by atoms with van der Waals surface area (Å²) in [6, 6.07) is 2.69. The summed E-state index contributed by atoms with van der Waals surface area (Å²) in [6.45, 7) is 3.48. The normalized spacial score (nSPS) is 15.3. The Morgan fingerprint density at radius 3 is 2.20 bits per heavy atom. The first-order valence-electron chi connectivity index (χ1n) is 10.7. The minimum absolute atomic E-state index is 0.0101. The molecule has 2 aromatic rings. The highest BCUT2D eigenvalue weighted by Gasteiger charge is 2.37. The van der Waals surface area contributed by atoms with Crippen molar-refractivity contribution in [3.8, 4) is 0 Å². The van der Waals surface area contributed by atoms with Crippen LogP contribution < -0.4 is 0 Å². The van der Waals surface area contributed by atoms with Gasteiger partial charge in [-0.15, -0.1) is 0 Å². The molecule has 1 aromatic heterocycles. The number of nitrogens with zero attached hydrogens (tertiary/aromatic N) is 3. The molecular formula is C22H23F6N3O4. The maximum absolute atomic E-state index is 13.0. The lowest BCUT2D eigenvalue weighted by Crippen LogP contribution is -2.31. The molecule has 1 aliphatic heterocycles. The van der Waals surface area contributed by atoms with Crippen LogP contribution in [0.4, 0.5) is 31.1 Å². The Labute approximate surface area is 196 Å². The van der Waals surface area contributed by atoms with Gasteiger partial charge in [0.05, 0.1) is 41.6 Å². The number of ether oxygens (including phenoxy) is 2. The van der Waals surface area contributed by atoms with Gasteiger partial charge in [-0.1, -0.05) is 0 Å². The maximum atomic E-state index is 13.0. The first-order valence-corrected chi connectivity index (χ1v) is 10.7. The molecule has 0 spiro atoms. The van der Waals surface area contributed by atoms with Crippen LogP contribution in [0.5, 0.6) is 0 Å². The Hall–Kier alpha value is -3.25. The van der Waals surface area contributed by atoms with E-state index in [1.165, 1.54) is 4.90 Å². The standard InChI is InChI=1S/C22H23F6N3O4/c1-3-34-19(32)13(2)18-10-17-11-30(5-4-6-31(17)29-18)20(33)35-12-14-7-15(21(23,24)25)9-16(8-14)22(26,27)28/h7-10,13H,3-6,11-12H2,1-2H3. The van der Waals surface area contributed by atoms with Crippen LogP contribution in [0.1, 0.15) is 54.3 Å². The van der Waals surface area contributed by atoms with Gasteiger partial charge in [0.25, 0.3) is 0 Å². The summed E-state index contributed by atoms with van der Waals surface area (Å²) >= 11 is 0. The number of halogens is 6. The van der Waals surface area contributed by atoms with Gasteiger partial charge in [-0.25, -0.2) is 4.79 Å². The van der Waals surface area contributed by atoms with Crippen LogP contribution in [-0.2, 0) is 46.3 Å². The number of aromatic nitrogens is 2. The highest BCUT2D eigenvalue weighted by atomic mass is 19.4. The smallest absolute Gasteiger partial charge is 0.416 e. The number of alkyl halides is 6. The van der Waals surface area contributed by atoms with Gasteiger partial charge in [0.15, 0.2) is 0 Å². The fourth-order valence-electron chi connectivity index (χ4n) is 3.58. The Kier molecular flexibility index (Phi) is 7.65. The molecule has 1 atom stereocenters. The zero-order valence-electron chi connectivity index (χ0n) is 18.9. The van der Waals surface area contributed by atoms with Crippen LogP contribution >= 0.6 is 0 Å². The lowest BCUT2D eigenvalue weighted by molar-refractivity contribution is -0.145. The van der Waals surface area contributed by atoms with Crippen molar-refractivity contribution in [2.75, 3.05) is 13.2 Å². The molecule has 3 rings (SSSR count). The third kappa shape index (κ3) is 6.45. The van der Waals surface area contributed by atoms with Gasteiger partial charge in [-0.2, -0.15) is 31.4 Å². The summed E-state index contributed by atoms with van der Waals surface area (Å²) < 4.78 is 89.9. The number of carbonyl (C=O) groups is 2. The second kappa shape index (κ2) is 10.2. The van der Waals surface area contributed by atoms with E-state index in [2.05, 4.69) is 5.10 Å². The van der Waals surface area contributed by atoms with Crippen LogP contribution in [-0.4, -0.2) is 39.9 Å². The highest BCUT2D eigenvalue weighted by molar-refractivity contribution is 5.77. The summed E-state index contributed by atoms with van der Waals surface area (Å²) in [4.78, 5) is 25.9. The molecule has 0 bridgehead atoms. The first-order chi connectivity index (χ1) is 16.3. The predicted octanol–water partition coefficient (Wildman–Crippen LogP) is 5.13. The summed E-state index contributed by atoms with van der Waals surface area (Å²) in [7, 11) is 0. The molecule has 1 amide bonds. The molecule has 35 heavy (non-hydrogen) atoms. The zero-order chi connectivity index (χ0) is 26.0. The minimum Gasteiger partial charge on any atom is -0.465 e. The number of fused-ring (bicyclic) bond motifs is 1. The molecule has 0 radical (unpaired) electrons. The van der Waals surface area contributed by atoms with Gasteiger partial charge in [-0.3, -0.25) is 9.48 Å². The van der Waals surface area contributed by atoms with Crippen molar-refractivity contribution >= 4 is 12.1 Å². The molecule has 0 fully saturated rings. The second-order valence-electron chi connectivity index (χ2n) is 8.00. The number of hydrogen-bond acceptors (Lipinski definition) is 5. The average Bonchev–Trinajstić information content (AvgIpc) is 3.06. The minimum atomic E-state index is -5.00. The number of benzene rings is 1. The number of rotatable bonds is 5. The number of esters is 1. The molecule has 192 valence electrons. The van der Waals surface area contributed by atoms with Crippen molar-refractivity contribution in [3.63, 3.8) is 0 Å². The van der Waals surface area contributed by atoms with E-state index in [-0.39, 0.29) is 25.8 Å². The number of carbonyl (C=O) groups excluding carboxylic acids is 2. The number of aryl methyl sites for hydroxylation is 1. The van der Waals surface area contributed by atoms with Crippen molar-refractivity contribution < 1.29 is 45.4 Å². The molecule has 1 aliphatic rings. The topological polar surface area (TPSA) is 73.7 Å². The van der Waals surface area contributed by atoms with Crippen molar-refractivity contribution in [3.05, 3.63) is 52.3 Å². The van der Waals surface area contributed by atoms with E-state index in [9.17, 15) is 35.9 Å². The van der Waals surface area contributed by atoms with Gasteiger partial charge in [0.1, 0.15) is 6.61 Å². The highest BCUT2D eigenvalue weighted by Crippen LogP contribution is 2.36. The molecule has 13 heteroatoms. The maximum Gasteiger partial charge on any atom is 0.416 e. The van der Waals surface area contributed by atoms with Crippen LogP contribution in [0.25, 0.3) is 0 Å². The van der Waals surface area contributed by atoms with Crippen LogP contribution in [0.3, 0.4) is 0 Å². The third-order valence-corrected chi connectivity index (χ3v) is 5.38. The fraction of sp³-hybridized carbons (Fsp3) is 0.500. The Bertz CT molecular complexity index is 1050. The molecule has 2 heterocycles. The largest absolute Gasteiger partial charge is 0.465 e. The van der Waals surface area contributed by atoms with Crippen LogP contribution in [0, 0.1) is 0 Å². The van der Waals surface area contributed by atoms with E-state index in [4.69, 9.17) is 9.47 Å². The monoisotopic (exact) mass is 507 g/mol. The van der Waals surface area contributed by atoms with Gasteiger partial charge in [0, 0.05) is 13.1 Å². The number of hydrogen-bond donors (Lipinski definition) is 0. The van der Waals surface area contributed by atoms with Crippen molar-refractivity contribution in [2.45, 2.75) is 58.2 Å². The molecule has 0 aliphatic carbocycles. The SMILES string of the molecule is CCOC(=O)C(C)c1cc2n(n1)CCCN(C(=O)OCc1cc(C(F)(F)F)cc(C(F)(F)F)c1)C2. The Morgan fingerprint density at radius 2 is 1.63 bits per heavy atom. The molecule has 1 unspecified atom stereocenters. The van der Waals surface area contributed by atoms with Crippen molar-refractivity contribution in [2.24, 2.45) is 0 Å². The van der Waals surface area contributed by atoms with E-state index in [1.54, 1.807) is 24.6 Å². The quantitative estimate of drug-likeness (QED) is 0.415. The summed E-state index contributed by atoms with van der Waals surface area (Å²) in [5.74, 6) is -1.07. The van der Waals surface area contributed by atoms with E-state index >= 15 is 0 Å². The van der Waals surface area contributed by atoms with Gasteiger partial charge < -0.3 is 14.4 Å². The Morgan fingerprint density at radius 1 is 1.00 bits per heavy atom. The van der Waals surface area contributed by atoms with Crippen molar-refractivity contribution in [1.82, 2.24) is 14.7 Å². The molecule has 0 saturated heterocycles. The van der Waals surface area contributed by atoms with E-state index in [1.807, 2.05) is 0 Å². The summed E-state index contributed by atoms with van der Waals surface area (Å²) in [5.41, 5.74) is -2.35. The zero-order valence-corrected chi connectivity index (χ0v) is 18.9. The van der Waals surface area contributed by atoms with E-state index in [0.717, 1.165) is 0 Å². The lowest BCUT2D eigenvalue weighted by Gasteiger charge is -2.20. The average molecular weight is 507 g/mol. The van der Waals surface area contributed by atoms with Gasteiger partial charge in [0.2, 0.25) is 0 Å². The number of amides is 1. The fourth-order valence-corrected chi connectivity index (χ4v) is 3.58. The van der Waals surface area contributed by atoms with Crippen molar-refractivity contribution in [1.29, 1.82) is 0 Å². The molecule has 0 saturated carbocycles. The Balaban J connectivity index is 1.72. The van der Waals surface area contributed by atoms with Gasteiger partial charge in [-0.05, 0) is 50.1 Å². The van der Waals surface area contributed by atoms with E-state index in [0.29, 0.717) is 36.5 Å².